The number of carboxylic acid groups (broad SMARTS) is 1. The highest BCUT2D eigenvalue weighted by atomic mass is 16.5. The van der Waals surface area contributed by atoms with Gasteiger partial charge in [0.2, 0.25) is 5.91 Å². The molecule has 3 N–H and O–H groups in total. The molecule has 188 valence electrons. The molecule has 9 nitrogen and oxygen atoms in total. The van der Waals surface area contributed by atoms with Crippen LogP contribution in [0, 0.1) is 0 Å². The van der Waals surface area contributed by atoms with Gasteiger partial charge in [-0.25, -0.2) is 9.78 Å². The van der Waals surface area contributed by atoms with Crippen molar-refractivity contribution in [2.24, 2.45) is 0 Å². The zero-order valence-corrected chi connectivity index (χ0v) is 20.2. The highest BCUT2D eigenvalue weighted by molar-refractivity contribution is 5.94. The van der Waals surface area contributed by atoms with Crippen molar-refractivity contribution in [2.75, 3.05) is 32.2 Å². The number of fused-ring (bicyclic) bond motifs is 1. The van der Waals surface area contributed by atoms with Gasteiger partial charge in [0.1, 0.15) is 17.6 Å². The van der Waals surface area contributed by atoms with Crippen LogP contribution in [0.4, 0.5) is 5.82 Å². The molecule has 1 aliphatic carbocycles. The number of amides is 1. The van der Waals surface area contributed by atoms with Crippen LogP contribution in [-0.4, -0.2) is 59.9 Å². The Labute approximate surface area is 205 Å². The number of aliphatic carboxylic acids is 1. The lowest BCUT2D eigenvalue weighted by Gasteiger charge is -2.21. The quantitative estimate of drug-likeness (QED) is 0.373. The number of unbranched alkanes of at least 4 members (excludes halogenated alkanes) is 1. The number of hydrogen-bond acceptors (Lipinski definition) is 7. The summed E-state index contributed by atoms with van der Waals surface area (Å²) in [5.41, 5.74) is 2.10. The topological polar surface area (TPSA) is 123 Å². The number of anilines is 1. The third-order valence-electron chi connectivity index (χ3n) is 6.71. The van der Waals surface area contributed by atoms with Crippen LogP contribution in [0.15, 0.2) is 30.5 Å². The molecular formula is C26H34N4O5. The van der Waals surface area contributed by atoms with Gasteiger partial charge in [0.25, 0.3) is 0 Å². The van der Waals surface area contributed by atoms with E-state index in [4.69, 9.17) is 14.5 Å². The molecule has 1 aliphatic heterocycles. The molecule has 2 aromatic heterocycles. The summed E-state index contributed by atoms with van der Waals surface area (Å²) < 4.78 is 11.0. The molecule has 0 radical (unpaired) electrons. The van der Waals surface area contributed by atoms with E-state index in [1.165, 1.54) is 12.7 Å². The normalized spacial score (nSPS) is 16.5. The summed E-state index contributed by atoms with van der Waals surface area (Å²) in [7, 11) is 1.53. The van der Waals surface area contributed by atoms with E-state index < -0.39 is 17.4 Å². The number of carbonyl (C=O) groups is 2. The Morgan fingerprint density at radius 1 is 1.23 bits per heavy atom. The van der Waals surface area contributed by atoms with Gasteiger partial charge in [0.15, 0.2) is 0 Å². The molecule has 1 fully saturated rings. The zero-order chi connectivity index (χ0) is 24.7. The van der Waals surface area contributed by atoms with Crippen LogP contribution in [-0.2, 0) is 32.6 Å². The molecular weight excluding hydrogens is 448 g/mol. The highest BCUT2D eigenvalue weighted by Gasteiger charge is 2.54. The number of carboxylic acids is 1. The van der Waals surface area contributed by atoms with E-state index in [-0.39, 0.29) is 18.9 Å². The molecule has 0 saturated heterocycles. The number of aromatic nitrogens is 2. The fourth-order valence-corrected chi connectivity index (χ4v) is 4.49. The second-order valence-electron chi connectivity index (χ2n) is 9.20. The first-order valence-corrected chi connectivity index (χ1v) is 12.4. The maximum absolute atomic E-state index is 13.0. The Morgan fingerprint density at radius 2 is 2.09 bits per heavy atom. The Kier molecular flexibility index (Phi) is 8.17. The van der Waals surface area contributed by atoms with Crippen molar-refractivity contribution < 1.29 is 24.2 Å². The van der Waals surface area contributed by atoms with Crippen LogP contribution in [0.25, 0.3) is 0 Å². The number of aryl methyl sites for hydroxylation is 2. The van der Waals surface area contributed by atoms with Crippen LogP contribution in [0.2, 0.25) is 0 Å². The largest absolute Gasteiger partial charge is 0.495 e. The Hall–Kier alpha value is -3.20. The average Bonchev–Trinajstić information content (AvgIpc) is 3.69. The van der Waals surface area contributed by atoms with E-state index in [0.29, 0.717) is 30.9 Å². The predicted octanol–water partition coefficient (Wildman–Crippen LogP) is 2.87. The van der Waals surface area contributed by atoms with Crippen LogP contribution < -0.4 is 15.4 Å². The Bertz CT molecular complexity index is 1040. The summed E-state index contributed by atoms with van der Waals surface area (Å²) in [6.07, 6.45) is 7.97. The van der Waals surface area contributed by atoms with Crippen molar-refractivity contribution >= 4 is 17.7 Å². The SMILES string of the molecule is COc1cccnc1C1(C(=O)N[C@@H](CCOCCCCc2ccc3c(n2)NCCC3)C(=O)O)CC1. The molecule has 1 saturated carbocycles. The maximum atomic E-state index is 13.0. The summed E-state index contributed by atoms with van der Waals surface area (Å²) in [6.45, 7) is 1.78. The third-order valence-corrected chi connectivity index (χ3v) is 6.71. The molecule has 0 bridgehead atoms. The molecule has 0 spiro atoms. The van der Waals surface area contributed by atoms with E-state index in [2.05, 4.69) is 27.8 Å². The second kappa shape index (κ2) is 11.5. The van der Waals surface area contributed by atoms with Crippen molar-refractivity contribution in [3.05, 3.63) is 47.4 Å². The van der Waals surface area contributed by atoms with Gasteiger partial charge in [-0.3, -0.25) is 9.78 Å². The van der Waals surface area contributed by atoms with E-state index in [1.54, 1.807) is 18.3 Å². The van der Waals surface area contributed by atoms with Crippen LogP contribution in [0.5, 0.6) is 5.75 Å². The van der Waals surface area contributed by atoms with Gasteiger partial charge in [-0.15, -0.1) is 0 Å². The molecule has 0 aromatic carbocycles. The standard InChI is InChI=1S/C26H34N4O5/c1-34-21-8-5-14-27-22(21)26(12-13-26)25(33)30-20(24(31)32)11-17-35-16-3-2-7-19-10-9-18-6-4-15-28-23(18)29-19/h5,8-10,14,20H,2-4,6-7,11-13,15-17H2,1H3,(H,28,29)(H,30,33)(H,31,32)/t20-/m0/s1. The van der Waals surface area contributed by atoms with Crippen molar-refractivity contribution in [1.82, 2.24) is 15.3 Å². The first-order valence-electron chi connectivity index (χ1n) is 12.4. The van der Waals surface area contributed by atoms with Gasteiger partial charge < -0.3 is 25.2 Å². The lowest BCUT2D eigenvalue weighted by molar-refractivity contribution is -0.142. The molecule has 1 atom stereocenters. The molecule has 2 aromatic rings. The van der Waals surface area contributed by atoms with Crippen molar-refractivity contribution in [2.45, 2.75) is 62.8 Å². The molecule has 3 heterocycles. The first-order chi connectivity index (χ1) is 17.0. The van der Waals surface area contributed by atoms with Crippen LogP contribution in [0.3, 0.4) is 0 Å². The molecule has 1 amide bonds. The summed E-state index contributed by atoms with van der Waals surface area (Å²) in [6, 6.07) is 6.75. The van der Waals surface area contributed by atoms with Gasteiger partial charge >= 0.3 is 5.97 Å². The first kappa shape index (κ1) is 24.9. The number of methoxy groups -OCH3 is 1. The lowest BCUT2D eigenvalue weighted by Crippen LogP contribution is -2.46. The van der Waals surface area contributed by atoms with Gasteiger partial charge in [0.05, 0.1) is 18.2 Å². The van der Waals surface area contributed by atoms with E-state index in [9.17, 15) is 14.7 Å². The number of carbonyl (C=O) groups excluding carboxylic acids is 1. The van der Waals surface area contributed by atoms with Crippen molar-refractivity contribution in [3.8, 4) is 5.75 Å². The zero-order valence-electron chi connectivity index (χ0n) is 20.2. The number of ether oxygens (including phenoxy) is 2. The highest BCUT2D eigenvalue weighted by Crippen LogP contribution is 2.50. The van der Waals surface area contributed by atoms with E-state index in [0.717, 1.165) is 50.2 Å². The van der Waals surface area contributed by atoms with Crippen LogP contribution in [0.1, 0.15) is 55.5 Å². The minimum atomic E-state index is -1.07. The average molecular weight is 483 g/mol. The molecule has 35 heavy (non-hydrogen) atoms. The van der Waals surface area contributed by atoms with E-state index in [1.807, 2.05) is 0 Å². The minimum Gasteiger partial charge on any atom is -0.495 e. The van der Waals surface area contributed by atoms with Gasteiger partial charge in [-0.05, 0) is 68.7 Å². The number of nitrogens with zero attached hydrogens (tertiary/aromatic N) is 2. The number of hydrogen-bond donors (Lipinski definition) is 3. The van der Waals surface area contributed by atoms with Gasteiger partial charge in [0, 0.05) is 38.1 Å². The second-order valence-corrected chi connectivity index (χ2v) is 9.20. The Morgan fingerprint density at radius 3 is 2.86 bits per heavy atom. The predicted molar refractivity (Wildman–Crippen MR) is 131 cm³/mol. The number of rotatable bonds is 13. The smallest absolute Gasteiger partial charge is 0.326 e. The molecule has 9 heteroatoms. The molecule has 2 aliphatic rings. The monoisotopic (exact) mass is 482 g/mol. The number of pyridine rings is 2. The van der Waals surface area contributed by atoms with E-state index >= 15 is 0 Å². The van der Waals surface area contributed by atoms with Crippen molar-refractivity contribution in [1.29, 1.82) is 0 Å². The molecule has 0 unspecified atom stereocenters. The lowest BCUT2D eigenvalue weighted by atomic mass is 9.98. The number of nitrogens with one attached hydrogen (secondary N) is 2. The third kappa shape index (κ3) is 6.08. The maximum Gasteiger partial charge on any atom is 0.326 e. The van der Waals surface area contributed by atoms with Crippen molar-refractivity contribution in [3.63, 3.8) is 0 Å². The molecule has 4 rings (SSSR count). The summed E-state index contributed by atoms with van der Waals surface area (Å²) in [4.78, 5) is 33.8. The minimum absolute atomic E-state index is 0.203. The summed E-state index contributed by atoms with van der Waals surface area (Å²) >= 11 is 0. The summed E-state index contributed by atoms with van der Waals surface area (Å²) in [5.74, 6) is 0.158. The fourth-order valence-electron chi connectivity index (χ4n) is 4.49. The van der Waals surface area contributed by atoms with Gasteiger partial charge in [-0.2, -0.15) is 0 Å². The van der Waals surface area contributed by atoms with Gasteiger partial charge in [-0.1, -0.05) is 6.07 Å². The fraction of sp³-hybridized carbons (Fsp3) is 0.538. The Balaban J connectivity index is 1.18. The van der Waals surface area contributed by atoms with Crippen LogP contribution >= 0.6 is 0 Å². The summed E-state index contributed by atoms with van der Waals surface area (Å²) in [5, 5.41) is 15.7.